The number of anilines is 1. The molecule has 0 aliphatic carbocycles. The van der Waals surface area contributed by atoms with Crippen LogP contribution in [0, 0.1) is 0 Å². The number of rotatable bonds is 6. The minimum absolute atomic E-state index is 0.0136. The van der Waals surface area contributed by atoms with Gasteiger partial charge >= 0.3 is 0 Å². The van der Waals surface area contributed by atoms with E-state index >= 15 is 0 Å². The van der Waals surface area contributed by atoms with Gasteiger partial charge in [-0.2, -0.15) is 0 Å². The Labute approximate surface area is 106 Å². The average molecular weight is 267 g/mol. The van der Waals surface area contributed by atoms with Gasteiger partial charge in [0.05, 0.1) is 31.7 Å². The van der Waals surface area contributed by atoms with Crippen molar-refractivity contribution >= 4 is 25.4 Å². The van der Waals surface area contributed by atoms with E-state index in [0.717, 1.165) is 0 Å². The second kappa shape index (κ2) is 5.84. The van der Waals surface area contributed by atoms with Crippen LogP contribution in [0.15, 0.2) is 12.7 Å². The second-order valence-electron chi connectivity index (χ2n) is 3.86. The molecule has 0 unspecified atom stereocenters. The first-order valence-electron chi connectivity index (χ1n) is 5.54. The quantitative estimate of drug-likeness (QED) is 0.622. The van der Waals surface area contributed by atoms with Crippen molar-refractivity contribution < 1.29 is 9.30 Å². The molecule has 2 aromatic heterocycles. The first-order chi connectivity index (χ1) is 8.72. The highest BCUT2D eigenvalue weighted by atomic mass is 31.1. The number of nitrogens with zero attached hydrogens (tertiary/aromatic N) is 4. The van der Waals surface area contributed by atoms with Crippen molar-refractivity contribution in [3.8, 4) is 0 Å². The van der Waals surface area contributed by atoms with Crippen molar-refractivity contribution in [2.45, 2.75) is 19.6 Å². The highest BCUT2D eigenvalue weighted by molar-refractivity contribution is 7.23. The molecule has 2 aromatic rings. The van der Waals surface area contributed by atoms with Crippen molar-refractivity contribution in [2.75, 3.05) is 18.5 Å². The summed E-state index contributed by atoms with van der Waals surface area (Å²) in [6.45, 7) is 3.02. The third-order valence-corrected chi connectivity index (χ3v) is 2.83. The lowest BCUT2D eigenvalue weighted by atomic mass is 10.4. The fourth-order valence-electron chi connectivity index (χ4n) is 1.65. The molecular weight excluding hydrogens is 253 g/mol. The van der Waals surface area contributed by atoms with Gasteiger partial charge in [-0.25, -0.2) is 15.0 Å². The Balaban J connectivity index is 2.07. The fourth-order valence-corrected chi connectivity index (χ4v) is 1.83. The number of hydrogen-bond acceptors (Lipinski definition) is 6. The van der Waals surface area contributed by atoms with Gasteiger partial charge < -0.3 is 15.0 Å². The first kappa shape index (κ1) is 12.9. The van der Waals surface area contributed by atoms with Gasteiger partial charge in [0, 0.05) is 0 Å². The molecule has 0 spiro atoms. The maximum Gasteiger partial charge on any atom is 0.165 e. The monoisotopic (exact) mass is 267 g/mol. The second-order valence-corrected chi connectivity index (χ2v) is 4.57. The number of nitrogen functional groups attached to an aromatic ring is 1. The number of nitrogens with two attached hydrogens (primary N) is 1. The molecule has 0 fully saturated rings. The van der Waals surface area contributed by atoms with Crippen molar-refractivity contribution in [3.63, 3.8) is 0 Å². The molecule has 0 aliphatic heterocycles. The largest absolute Gasteiger partial charge is 0.382 e. The molecule has 0 saturated carbocycles. The van der Waals surface area contributed by atoms with Gasteiger partial charge in [-0.15, -0.1) is 0 Å². The van der Waals surface area contributed by atoms with Crippen LogP contribution in [0.2, 0.25) is 0 Å². The average Bonchev–Trinajstić information content (AvgIpc) is 2.74. The van der Waals surface area contributed by atoms with Gasteiger partial charge in [0.15, 0.2) is 19.9 Å². The van der Waals surface area contributed by atoms with Crippen LogP contribution in [-0.2, 0) is 15.8 Å². The van der Waals surface area contributed by atoms with E-state index in [1.807, 2.05) is 11.5 Å². The number of aromatic nitrogens is 4. The van der Waals surface area contributed by atoms with Gasteiger partial charge in [0.2, 0.25) is 0 Å². The summed E-state index contributed by atoms with van der Waals surface area (Å²) in [5.41, 5.74) is 7.00. The highest BCUT2D eigenvalue weighted by Crippen LogP contribution is 2.14. The lowest BCUT2D eigenvalue weighted by Crippen LogP contribution is -2.17. The Morgan fingerprint density at radius 3 is 3.11 bits per heavy atom. The number of fused-ring (bicyclic) bond motifs is 1. The van der Waals surface area contributed by atoms with Crippen LogP contribution in [0.1, 0.15) is 6.92 Å². The maximum atomic E-state index is 10.3. The van der Waals surface area contributed by atoms with E-state index in [9.17, 15) is 4.57 Å². The standard InChI is InChI=1S/C10H14N5O2P/c1-7(17-2-3-18-16)4-15-6-14-8-9(11)12-5-13-10(8)15/h5-7H,2-4H2,1H3,(H2,11,12,13)/t7-/m1/s1. The van der Waals surface area contributed by atoms with Crippen LogP contribution in [-0.4, -0.2) is 38.4 Å². The number of imidazole rings is 1. The molecule has 2 N–H and O–H groups in total. The van der Waals surface area contributed by atoms with E-state index in [-0.39, 0.29) is 14.6 Å². The summed E-state index contributed by atoms with van der Waals surface area (Å²) < 4.78 is 17.7. The molecule has 0 amide bonds. The fraction of sp³-hybridized carbons (Fsp3) is 0.500. The number of hydrogen-bond donors (Lipinski definition) is 1. The summed E-state index contributed by atoms with van der Waals surface area (Å²) in [4.78, 5) is 12.2. The van der Waals surface area contributed by atoms with Crippen molar-refractivity contribution in [3.05, 3.63) is 12.7 Å². The topological polar surface area (TPSA) is 95.9 Å². The molecule has 2 rings (SSSR count). The predicted octanol–water partition coefficient (Wildman–Crippen LogP) is 1.11. The Bertz CT molecular complexity index is 544. The molecule has 0 saturated heterocycles. The van der Waals surface area contributed by atoms with Gasteiger partial charge in [-0.3, -0.25) is 4.57 Å². The van der Waals surface area contributed by atoms with E-state index in [4.69, 9.17) is 10.5 Å². The van der Waals surface area contributed by atoms with Crippen LogP contribution in [0.3, 0.4) is 0 Å². The number of ether oxygens (including phenoxy) is 1. The van der Waals surface area contributed by atoms with Crippen molar-refractivity contribution in [1.29, 1.82) is 0 Å². The minimum Gasteiger partial charge on any atom is -0.382 e. The third-order valence-electron chi connectivity index (χ3n) is 2.47. The smallest absolute Gasteiger partial charge is 0.165 e. The predicted molar refractivity (Wildman–Crippen MR) is 67.6 cm³/mol. The Morgan fingerprint density at radius 2 is 2.33 bits per heavy atom. The van der Waals surface area contributed by atoms with E-state index < -0.39 is 0 Å². The molecule has 8 heteroatoms. The molecule has 18 heavy (non-hydrogen) atoms. The molecular formula is C10H14N5O2P. The van der Waals surface area contributed by atoms with E-state index in [0.29, 0.717) is 36.3 Å². The first-order valence-corrected chi connectivity index (χ1v) is 6.54. The van der Waals surface area contributed by atoms with Gasteiger partial charge in [0.25, 0.3) is 0 Å². The lowest BCUT2D eigenvalue weighted by Gasteiger charge is -2.12. The van der Waals surface area contributed by atoms with E-state index in [1.54, 1.807) is 6.33 Å². The van der Waals surface area contributed by atoms with Crippen LogP contribution in [0.4, 0.5) is 5.82 Å². The van der Waals surface area contributed by atoms with Crippen LogP contribution in [0.5, 0.6) is 0 Å². The summed E-state index contributed by atoms with van der Waals surface area (Å²) in [6, 6.07) is 0. The highest BCUT2D eigenvalue weighted by Gasteiger charge is 2.10. The van der Waals surface area contributed by atoms with E-state index in [1.165, 1.54) is 6.33 Å². The van der Waals surface area contributed by atoms with E-state index in [2.05, 4.69) is 15.0 Å². The summed E-state index contributed by atoms with van der Waals surface area (Å²) in [6.07, 6.45) is 3.57. The summed E-state index contributed by atoms with van der Waals surface area (Å²) in [5, 5.41) is 0. The molecule has 7 nitrogen and oxygen atoms in total. The Kier molecular flexibility index (Phi) is 4.17. The normalized spacial score (nSPS) is 13.2. The summed E-state index contributed by atoms with van der Waals surface area (Å²) in [7, 11) is 0.104. The lowest BCUT2D eigenvalue weighted by molar-refractivity contribution is 0.0662. The third kappa shape index (κ3) is 2.80. The van der Waals surface area contributed by atoms with Crippen LogP contribution in [0.25, 0.3) is 11.2 Å². The van der Waals surface area contributed by atoms with Gasteiger partial charge in [-0.05, 0) is 6.92 Å². The zero-order valence-electron chi connectivity index (χ0n) is 9.98. The molecule has 0 bridgehead atoms. The zero-order valence-corrected chi connectivity index (χ0v) is 10.9. The molecule has 0 radical (unpaired) electrons. The molecule has 2 heterocycles. The van der Waals surface area contributed by atoms with Crippen LogP contribution >= 0.6 is 8.46 Å². The summed E-state index contributed by atoms with van der Waals surface area (Å²) in [5.74, 6) is 0.373. The minimum atomic E-state index is -0.0136. The van der Waals surface area contributed by atoms with Gasteiger partial charge in [-0.1, -0.05) is 0 Å². The maximum absolute atomic E-state index is 10.3. The molecule has 0 aromatic carbocycles. The zero-order chi connectivity index (χ0) is 13.0. The van der Waals surface area contributed by atoms with Crippen LogP contribution < -0.4 is 5.73 Å². The summed E-state index contributed by atoms with van der Waals surface area (Å²) >= 11 is 0. The van der Waals surface area contributed by atoms with Crippen molar-refractivity contribution in [2.24, 2.45) is 0 Å². The Hall–Kier alpha value is -1.59. The molecule has 0 aliphatic rings. The molecule has 96 valence electrons. The SMILES string of the molecule is C[C@H](Cn1cnc2c(N)ncnc21)OCCP=O. The van der Waals surface area contributed by atoms with Crippen molar-refractivity contribution in [1.82, 2.24) is 19.5 Å². The Morgan fingerprint density at radius 1 is 1.50 bits per heavy atom. The van der Waals surface area contributed by atoms with Gasteiger partial charge in [0.1, 0.15) is 11.8 Å². The molecule has 1 atom stereocenters.